The van der Waals surface area contributed by atoms with Gasteiger partial charge in [0.1, 0.15) is 11.5 Å². The van der Waals surface area contributed by atoms with E-state index in [0.29, 0.717) is 28.4 Å². The van der Waals surface area contributed by atoms with Crippen molar-refractivity contribution in [3.05, 3.63) is 84.4 Å². The van der Waals surface area contributed by atoms with Gasteiger partial charge in [-0.25, -0.2) is 0 Å². The molecule has 0 saturated carbocycles. The first-order valence-corrected chi connectivity index (χ1v) is 8.68. The van der Waals surface area contributed by atoms with Crippen LogP contribution in [0.5, 0.6) is 11.5 Å². The highest BCUT2D eigenvalue weighted by molar-refractivity contribution is 6.04. The number of carbonyl (C=O) groups is 2. The summed E-state index contributed by atoms with van der Waals surface area (Å²) in [6.07, 6.45) is 0. The average Bonchev–Trinajstić information content (AvgIpc) is 2.74. The quantitative estimate of drug-likeness (QED) is 0.654. The lowest BCUT2D eigenvalue weighted by Gasteiger charge is -2.11. The van der Waals surface area contributed by atoms with Gasteiger partial charge in [0.05, 0.1) is 12.8 Å². The molecule has 0 aromatic heterocycles. The maximum atomic E-state index is 12.1. The number of methoxy groups -OCH3 is 1. The first-order valence-electron chi connectivity index (χ1n) is 8.68. The number of hydrogen-bond donors (Lipinski definition) is 2. The number of anilines is 2. The van der Waals surface area contributed by atoms with E-state index in [1.165, 1.54) is 0 Å². The van der Waals surface area contributed by atoms with E-state index in [-0.39, 0.29) is 18.4 Å². The molecule has 2 N–H and O–H groups in total. The predicted octanol–water partition coefficient (Wildman–Crippen LogP) is 3.97. The normalized spacial score (nSPS) is 10.0. The second-order valence-electron chi connectivity index (χ2n) is 5.88. The van der Waals surface area contributed by atoms with E-state index in [2.05, 4.69) is 10.6 Å². The molecule has 3 rings (SSSR count). The summed E-state index contributed by atoms with van der Waals surface area (Å²) in [4.78, 5) is 24.2. The van der Waals surface area contributed by atoms with Gasteiger partial charge in [0.25, 0.3) is 11.8 Å². The van der Waals surface area contributed by atoms with Gasteiger partial charge in [0.15, 0.2) is 6.61 Å². The van der Waals surface area contributed by atoms with Crippen LogP contribution in [0.2, 0.25) is 0 Å². The van der Waals surface area contributed by atoms with Gasteiger partial charge in [-0.2, -0.15) is 0 Å². The summed E-state index contributed by atoms with van der Waals surface area (Å²) in [6.45, 7) is -0.145. The summed E-state index contributed by atoms with van der Waals surface area (Å²) < 4.78 is 10.7. The Bertz CT molecular complexity index is 940. The molecule has 0 atom stereocenters. The molecule has 0 aliphatic carbocycles. The summed E-state index contributed by atoms with van der Waals surface area (Å²) in [6, 6.07) is 22.9. The van der Waals surface area contributed by atoms with E-state index in [1.807, 2.05) is 24.3 Å². The molecule has 0 bridgehead atoms. The minimum atomic E-state index is -0.300. The Kier molecular flexibility index (Phi) is 6.25. The van der Waals surface area contributed by atoms with Crippen LogP contribution in [0.1, 0.15) is 10.4 Å². The molecule has 0 aliphatic heterocycles. The Balaban J connectivity index is 1.51. The Hall–Kier alpha value is -3.80. The van der Waals surface area contributed by atoms with Gasteiger partial charge in [0, 0.05) is 11.3 Å². The van der Waals surface area contributed by atoms with Crippen LogP contribution in [0.25, 0.3) is 0 Å². The number of carbonyl (C=O) groups excluding carboxylic acids is 2. The van der Waals surface area contributed by atoms with Crippen molar-refractivity contribution in [1.29, 1.82) is 0 Å². The lowest BCUT2D eigenvalue weighted by molar-refractivity contribution is -0.118. The molecule has 6 nitrogen and oxygen atoms in total. The largest absolute Gasteiger partial charge is 0.495 e. The Morgan fingerprint density at radius 1 is 0.821 bits per heavy atom. The number of rotatable bonds is 7. The maximum Gasteiger partial charge on any atom is 0.262 e. The summed E-state index contributed by atoms with van der Waals surface area (Å²) in [7, 11) is 1.54. The first kappa shape index (κ1) is 19.0. The molecular formula is C22H20N2O4. The lowest BCUT2D eigenvalue weighted by atomic mass is 10.2. The number of benzene rings is 3. The van der Waals surface area contributed by atoms with E-state index in [1.54, 1.807) is 61.7 Å². The lowest BCUT2D eigenvalue weighted by Crippen LogP contribution is -2.20. The molecule has 0 spiro atoms. The third kappa shape index (κ3) is 5.11. The Labute approximate surface area is 163 Å². The molecule has 0 aliphatic rings. The van der Waals surface area contributed by atoms with Gasteiger partial charge in [-0.15, -0.1) is 0 Å². The van der Waals surface area contributed by atoms with Crippen LogP contribution in [0.3, 0.4) is 0 Å². The number of hydrogen-bond acceptors (Lipinski definition) is 4. The van der Waals surface area contributed by atoms with Crippen LogP contribution in [0, 0.1) is 0 Å². The van der Waals surface area contributed by atoms with Gasteiger partial charge in [-0.05, 0) is 48.5 Å². The zero-order chi connectivity index (χ0) is 19.8. The number of nitrogens with one attached hydrogen (secondary N) is 2. The average molecular weight is 376 g/mol. The molecule has 0 fully saturated rings. The summed E-state index contributed by atoms with van der Waals surface area (Å²) in [5, 5.41) is 5.55. The summed E-state index contributed by atoms with van der Waals surface area (Å²) >= 11 is 0. The SMILES string of the molecule is COc1ccccc1NC(=O)COc1ccc(NC(=O)c2ccccc2)cc1. The molecule has 2 amide bonds. The molecule has 142 valence electrons. The summed E-state index contributed by atoms with van der Waals surface area (Å²) in [5.74, 6) is 0.610. The van der Waals surface area contributed by atoms with Gasteiger partial charge in [-0.3, -0.25) is 9.59 Å². The van der Waals surface area contributed by atoms with Crippen molar-refractivity contribution in [1.82, 2.24) is 0 Å². The highest BCUT2D eigenvalue weighted by Gasteiger charge is 2.08. The van der Waals surface area contributed by atoms with Crippen molar-refractivity contribution in [2.75, 3.05) is 24.4 Å². The number of para-hydroxylation sites is 2. The highest BCUT2D eigenvalue weighted by Crippen LogP contribution is 2.23. The molecule has 3 aromatic carbocycles. The van der Waals surface area contributed by atoms with E-state index >= 15 is 0 Å². The first-order chi connectivity index (χ1) is 13.7. The predicted molar refractivity (Wildman–Crippen MR) is 108 cm³/mol. The molecule has 0 radical (unpaired) electrons. The van der Waals surface area contributed by atoms with Gasteiger partial charge in [0.2, 0.25) is 0 Å². The number of ether oxygens (including phenoxy) is 2. The van der Waals surface area contributed by atoms with Crippen molar-refractivity contribution in [2.45, 2.75) is 0 Å². The van der Waals surface area contributed by atoms with Crippen molar-refractivity contribution in [3.63, 3.8) is 0 Å². The third-order valence-corrected chi connectivity index (χ3v) is 3.90. The Morgan fingerprint density at radius 2 is 1.50 bits per heavy atom. The molecule has 0 heterocycles. The molecule has 6 heteroatoms. The van der Waals surface area contributed by atoms with Crippen molar-refractivity contribution in [2.24, 2.45) is 0 Å². The fraction of sp³-hybridized carbons (Fsp3) is 0.0909. The standard InChI is InChI=1S/C22H20N2O4/c1-27-20-10-6-5-9-19(20)24-21(25)15-28-18-13-11-17(12-14-18)23-22(26)16-7-3-2-4-8-16/h2-14H,15H2,1H3,(H,23,26)(H,24,25). The zero-order valence-corrected chi connectivity index (χ0v) is 15.3. The highest BCUT2D eigenvalue weighted by atomic mass is 16.5. The maximum absolute atomic E-state index is 12.1. The van der Waals surface area contributed by atoms with Gasteiger partial charge in [-0.1, -0.05) is 30.3 Å². The molecule has 28 heavy (non-hydrogen) atoms. The van der Waals surface area contributed by atoms with Crippen LogP contribution in [-0.4, -0.2) is 25.5 Å². The molecule has 3 aromatic rings. The van der Waals surface area contributed by atoms with Crippen LogP contribution < -0.4 is 20.1 Å². The van der Waals surface area contributed by atoms with Crippen molar-refractivity contribution >= 4 is 23.2 Å². The third-order valence-electron chi connectivity index (χ3n) is 3.90. The molecular weight excluding hydrogens is 356 g/mol. The fourth-order valence-electron chi connectivity index (χ4n) is 2.51. The van der Waals surface area contributed by atoms with E-state index in [4.69, 9.17) is 9.47 Å². The molecule has 0 unspecified atom stereocenters. The molecule has 0 saturated heterocycles. The van der Waals surface area contributed by atoms with Crippen LogP contribution >= 0.6 is 0 Å². The van der Waals surface area contributed by atoms with Gasteiger partial charge < -0.3 is 20.1 Å². The van der Waals surface area contributed by atoms with Crippen LogP contribution in [0.15, 0.2) is 78.9 Å². The zero-order valence-electron chi connectivity index (χ0n) is 15.3. The smallest absolute Gasteiger partial charge is 0.262 e. The minimum absolute atomic E-state index is 0.145. The second-order valence-corrected chi connectivity index (χ2v) is 5.88. The van der Waals surface area contributed by atoms with E-state index in [9.17, 15) is 9.59 Å². The fourth-order valence-corrected chi connectivity index (χ4v) is 2.51. The topological polar surface area (TPSA) is 76.7 Å². The second kappa shape index (κ2) is 9.23. The van der Waals surface area contributed by atoms with E-state index in [0.717, 1.165) is 0 Å². The van der Waals surface area contributed by atoms with E-state index < -0.39 is 0 Å². The van der Waals surface area contributed by atoms with Crippen molar-refractivity contribution in [3.8, 4) is 11.5 Å². The van der Waals surface area contributed by atoms with Gasteiger partial charge >= 0.3 is 0 Å². The Morgan fingerprint density at radius 3 is 2.21 bits per heavy atom. The van der Waals surface area contributed by atoms with Crippen molar-refractivity contribution < 1.29 is 19.1 Å². The number of amides is 2. The monoisotopic (exact) mass is 376 g/mol. The minimum Gasteiger partial charge on any atom is -0.495 e. The summed E-state index contributed by atoms with van der Waals surface area (Å²) in [5.41, 5.74) is 1.80. The van der Waals surface area contributed by atoms with Crippen LogP contribution in [-0.2, 0) is 4.79 Å². The van der Waals surface area contributed by atoms with Crippen LogP contribution in [0.4, 0.5) is 11.4 Å².